The van der Waals surface area contributed by atoms with Crippen LogP contribution in [0.3, 0.4) is 0 Å². The topological polar surface area (TPSA) is 57.2 Å². The molecule has 7 heteroatoms. The molecule has 0 amide bonds. The first-order valence-electron chi connectivity index (χ1n) is 10.5. The summed E-state index contributed by atoms with van der Waals surface area (Å²) in [5.74, 6) is 0. The van der Waals surface area contributed by atoms with E-state index in [-0.39, 0.29) is 23.3 Å². The van der Waals surface area contributed by atoms with Gasteiger partial charge in [0.2, 0.25) is 0 Å². The predicted molar refractivity (Wildman–Crippen MR) is 113 cm³/mol. The highest BCUT2D eigenvalue weighted by Crippen LogP contribution is 2.47. The molecule has 0 aliphatic carbocycles. The van der Waals surface area contributed by atoms with Crippen LogP contribution in [0.15, 0.2) is 12.2 Å². The summed E-state index contributed by atoms with van der Waals surface area (Å²) in [6.45, 7) is 19.9. The summed E-state index contributed by atoms with van der Waals surface area (Å²) in [5, 5.41) is 10.9. The molecule has 0 saturated carbocycles. The summed E-state index contributed by atoms with van der Waals surface area (Å²) >= 11 is 0. The summed E-state index contributed by atoms with van der Waals surface area (Å²) in [5.41, 5.74) is 1.11. The molecule has 5 nitrogen and oxygen atoms in total. The molecule has 0 aromatic rings. The molecule has 0 bridgehead atoms. The third kappa shape index (κ3) is 4.15. The number of ether oxygens (including phenoxy) is 1. The predicted octanol–water partition coefficient (Wildman–Crippen LogP) is 4.65. The zero-order valence-corrected chi connectivity index (χ0v) is 20.6. The highest BCUT2D eigenvalue weighted by Gasteiger charge is 2.61. The van der Waals surface area contributed by atoms with E-state index >= 15 is 0 Å². The molecule has 0 aromatic heterocycles. The fraction of sp³-hybridized carbons (Fsp3) is 0.900. The van der Waals surface area contributed by atoms with Crippen LogP contribution in [0.25, 0.3) is 0 Å². The Morgan fingerprint density at radius 3 is 1.85 bits per heavy atom. The van der Waals surface area contributed by atoms with E-state index in [9.17, 15) is 5.11 Å². The lowest BCUT2D eigenvalue weighted by Gasteiger charge is -2.51. The van der Waals surface area contributed by atoms with Gasteiger partial charge in [-0.2, -0.15) is 0 Å². The molecular weight excluding hydrogens is 376 g/mol. The van der Waals surface area contributed by atoms with E-state index in [1.54, 1.807) is 0 Å². The van der Waals surface area contributed by atoms with Crippen molar-refractivity contribution in [1.82, 2.24) is 0 Å². The van der Waals surface area contributed by atoms with Crippen LogP contribution in [0.1, 0.15) is 62.3 Å². The average Bonchev–Trinajstić information content (AvgIpc) is 2.82. The van der Waals surface area contributed by atoms with Crippen molar-refractivity contribution in [2.24, 2.45) is 0 Å². The van der Waals surface area contributed by atoms with Gasteiger partial charge in [0.15, 0.2) is 0 Å². The maximum absolute atomic E-state index is 10.9. The van der Waals surface area contributed by atoms with Crippen LogP contribution in [-0.2, 0) is 17.7 Å². The lowest BCUT2D eigenvalue weighted by atomic mass is 10.1. The highest BCUT2D eigenvalue weighted by molar-refractivity contribution is 6.83. The number of hydrogen-bond donors (Lipinski definition) is 1. The molecule has 0 aromatic carbocycles. The van der Waals surface area contributed by atoms with Crippen LogP contribution < -0.4 is 0 Å². The molecular formula is C20H40O5Si2. The number of fused-ring (bicyclic) bond motifs is 1. The van der Waals surface area contributed by atoms with Crippen molar-refractivity contribution in [3.63, 3.8) is 0 Å². The molecule has 0 spiro atoms. The van der Waals surface area contributed by atoms with Crippen molar-refractivity contribution in [2.75, 3.05) is 6.61 Å². The molecule has 2 fully saturated rings. The normalized spacial score (nSPS) is 33.9. The second-order valence-corrected chi connectivity index (χ2v) is 18.1. The van der Waals surface area contributed by atoms with Gasteiger partial charge in [0.1, 0.15) is 24.4 Å². The third-order valence-electron chi connectivity index (χ3n) is 6.09. The molecule has 0 radical (unpaired) electrons. The zero-order chi connectivity index (χ0) is 20.6. The fourth-order valence-corrected chi connectivity index (χ4v) is 15.7. The van der Waals surface area contributed by atoms with Crippen LogP contribution in [-0.4, -0.2) is 53.3 Å². The first kappa shape index (κ1) is 23.3. The monoisotopic (exact) mass is 416 g/mol. The van der Waals surface area contributed by atoms with E-state index < -0.39 is 29.3 Å². The summed E-state index contributed by atoms with van der Waals surface area (Å²) in [6, 6.07) is 0. The number of allylic oxidation sites excluding steroid dienone is 1. The van der Waals surface area contributed by atoms with E-state index in [0.717, 1.165) is 0 Å². The Hall–Kier alpha value is -0.0262. The first-order valence-corrected chi connectivity index (χ1v) is 14.4. The van der Waals surface area contributed by atoms with Crippen molar-refractivity contribution in [3.05, 3.63) is 12.2 Å². The summed E-state index contributed by atoms with van der Waals surface area (Å²) in [4.78, 5) is 0. The number of rotatable bonds is 5. The Bertz CT molecular complexity index is 505. The van der Waals surface area contributed by atoms with E-state index in [1.165, 1.54) is 0 Å². The minimum Gasteiger partial charge on any atom is -0.414 e. The van der Waals surface area contributed by atoms with Gasteiger partial charge in [0, 0.05) is 0 Å². The van der Waals surface area contributed by atoms with Crippen molar-refractivity contribution in [3.8, 4) is 0 Å². The molecule has 2 saturated heterocycles. The number of aliphatic hydroxyl groups is 1. The van der Waals surface area contributed by atoms with Crippen LogP contribution in [0.4, 0.5) is 0 Å². The van der Waals surface area contributed by atoms with Gasteiger partial charge in [-0.15, -0.1) is 0 Å². The molecule has 2 rings (SSSR count). The number of aliphatic hydroxyl groups excluding tert-OH is 1. The molecule has 4 atom stereocenters. The van der Waals surface area contributed by atoms with Gasteiger partial charge in [0.25, 0.3) is 0 Å². The average molecular weight is 417 g/mol. The standard InChI is InChI=1S/C20H40O5Si2/c1-10-11-17-19(21)20-18(23-17)12-22-26(13(2)3,14(4)5)25-27(24-20,15(6)7)16(8)9/h10-11,13-21H,12H2,1-9H3/b11-10-/t17-,18-,19-,20-/m1/s1. The smallest absolute Gasteiger partial charge is 0.335 e. The van der Waals surface area contributed by atoms with E-state index in [1.807, 2.05) is 19.1 Å². The second-order valence-electron chi connectivity index (χ2n) is 9.21. The van der Waals surface area contributed by atoms with Gasteiger partial charge in [-0.3, -0.25) is 0 Å². The summed E-state index contributed by atoms with van der Waals surface area (Å²) in [7, 11) is -5.23. The Kier molecular flexibility index (Phi) is 7.56. The molecule has 2 heterocycles. The summed E-state index contributed by atoms with van der Waals surface area (Å²) < 4.78 is 26.8. The Morgan fingerprint density at radius 1 is 0.889 bits per heavy atom. The van der Waals surface area contributed by atoms with Crippen LogP contribution in [0.5, 0.6) is 0 Å². The largest absolute Gasteiger partial charge is 0.414 e. The second kappa shape index (κ2) is 8.77. The quantitative estimate of drug-likeness (QED) is 0.522. The van der Waals surface area contributed by atoms with Gasteiger partial charge in [-0.25, -0.2) is 0 Å². The molecule has 27 heavy (non-hydrogen) atoms. The molecule has 0 unspecified atom stereocenters. The van der Waals surface area contributed by atoms with Gasteiger partial charge in [-0.1, -0.05) is 67.5 Å². The minimum absolute atomic E-state index is 0.247. The van der Waals surface area contributed by atoms with Crippen molar-refractivity contribution >= 4 is 17.1 Å². The lowest BCUT2D eigenvalue weighted by molar-refractivity contribution is -0.0337. The highest BCUT2D eigenvalue weighted by atomic mass is 28.5. The van der Waals surface area contributed by atoms with Gasteiger partial charge in [0.05, 0.1) is 6.61 Å². The van der Waals surface area contributed by atoms with Crippen LogP contribution in [0, 0.1) is 0 Å². The molecule has 2 aliphatic rings. The first-order chi connectivity index (χ1) is 12.5. The van der Waals surface area contributed by atoms with E-state index in [0.29, 0.717) is 17.7 Å². The fourth-order valence-electron chi connectivity index (χ4n) is 4.53. The molecule has 158 valence electrons. The van der Waals surface area contributed by atoms with Crippen molar-refractivity contribution < 1.29 is 22.8 Å². The third-order valence-corrected chi connectivity index (χ3v) is 16.3. The van der Waals surface area contributed by atoms with E-state index in [2.05, 4.69) is 55.4 Å². The van der Waals surface area contributed by atoms with Crippen molar-refractivity contribution in [2.45, 2.75) is 109 Å². The SMILES string of the molecule is C/C=C\[C@H]1O[C@@H]2CO[Si](C(C)C)(C(C)C)O[Si](C(C)C)(C(C)C)O[C@H]2[C@@H]1O. The maximum Gasteiger partial charge on any atom is 0.335 e. The lowest BCUT2D eigenvalue weighted by Crippen LogP contribution is -2.65. The molecule has 1 N–H and O–H groups in total. The van der Waals surface area contributed by atoms with Gasteiger partial charge >= 0.3 is 17.1 Å². The van der Waals surface area contributed by atoms with Crippen LogP contribution >= 0.6 is 0 Å². The zero-order valence-electron chi connectivity index (χ0n) is 18.6. The molecule has 2 aliphatic heterocycles. The maximum atomic E-state index is 10.9. The Labute approximate surface area is 167 Å². The van der Waals surface area contributed by atoms with Crippen LogP contribution in [0.2, 0.25) is 22.2 Å². The van der Waals surface area contributed by atoms with Gasteiger partial charge in [-0.05, 0) is 29.1 Å². The van der Waals surface area contributed by atoms with E-state index in [4.69, 9.17) is 17.7 Å². The number of hydrogen-bond acceptors (Lipinski definition) is 5. The Morgan fingerprint density at radius 2 is 1.41 bits per heavy atom. The summed E-state index contributed by atoms with van der Waals surface area (Å²) in [6.07, 6.45) is 2.10. The minimum atomic E-state index is -2.69. The Balaban J connectivity index is 2.53. The van der Waals surface area contributed by atoms with Gasteiger partial charge < -0.3 is 22.8 Å². The van der Waals surface area contributed by atoms with Crippen molar-refractivity contribution in [1.29, 1.82) is 0 Å².